The summed E-state index contributed by atoms with van der Waals surface area (Å²) in [6.07, 6.45) is 4.83. The topological polar surface area (TPSA) is 79.3 Å². The maximum atomic E-state index is 13.4. The van der Waals surface area contributed by atoms with Crippen LogP contribution in [0.3, 0.4) is 0 Å². The molecule has 6 rings (SSSR count). The number of phenolic OH excluding ortho intramolecular Hbond substituents is 1. The number of aryl methyl sites for hydroxylation is 1. The van der Waals surface area contributed by atoms with Gasteiger partial charge in [-0.1, -0.05) is 24.1 Å². The molecule has 1 spiro atoms. The number of likely N-dealkylation sites (N-methyl/N-ethyl adjacent to an activating group) is 1. The lowest BCUT2D eigenvalue weighted by atomic mass is 9.51. The standard InChI is InChI=1S/C32H34N2O5/c1-5-14-34-15-13-32-23-10-11-24(33(4)28(37)12-9-21-8-6-7-19(2)16-21)31(32)39-30-27(38-20(3)35)18-26(36)22(29(30)32)17-25(23)34/h5-8,16,18,23-25,31,36H,1,10-11,13-15,17H2,2-4H3/t23-,24+,25+,31-,32-/m0/s1. The van der Waals surface area contributed by atoms with Crippen LogP contribution in [-0.2, 0) is 21.4 Å². The molecular weight excluding hydrogens is 492 g/mol. The normalized spacial score (nSPS) is 27.9. The lowest BCUT2D eigenvalue weighted by Gasteiger charge is -2.60. The van der Waals surface area contributed by atoms with Gasteiger partial charge in [-0.3, -0.25) is 14.5 Å². The molecule has 5 atom stereocenters. The number of piperidine rings is 1. The summed E-state index contributed by atoms with van der Waals surface area (Å²) in [4.78, 5) is 29.5. The molecule has 1 amide bonds. The fraction of sp³-hybridized carbons (Fsp3) is 0.438. The van der Waals surface area contributed by atoms with Gasteiger partial charge in [0, 0.05) is 60.7 Å². The molecule has 1 N–H and O–H groups in total. The van der Waals surface area contributed by atoms with Crippen LogP contribution in [0.1, 0.15) is 48.4 Å². The van der Waals surface area contributed by atoms with Crippen molar-refractivity contribution in [2.75, 3.05) is 20.1 Å². The van der Waals surface area contributed by atoms with Crippen molar-refractivity contribution < 1.29 is 24.2 Å². The zero-order valence-electron chi connectivity index (χ0n) is 22.7. The van der Waals surface area contributed by atoms with Crippen molar-refractivity contribution in [3.63, 3.8) is 0 Å². The molecular formula is C32H34N2O5. The molecule has 2 fully saturated rings. The van der Waals surface area contributed by atoms with Gasteiger partial charge in [-0.15, -0.1) is 6.58 Å². The van der Waals surface area contributed by atoms with Gasteiger partial charge < -0.3 is 19.5 Å². The average Bonchev–Trinajstić information content (AvgIpc) is 3.24. The molecule has 2 bridgehead atoms. The molecule has 2 aliphatic carbocycles. The van der Waals surface area contributed by atoms with Crippen molar-refractivity contribution >= 4 is 11.9 Å². The van der Waals surface area contributed by atoms with E-state index < -0.39 is 5.97 Å². The Hall–Kier alpha value is -3.76. The molecule has 4 aliphatic rings. The molecule has 2 aromatic carbocycles. The van der Waals surface area contributed by atoms with Gasteiger partial charge in [-0.05, 0) is 62.8 Å². The summed E-state index contributed by atoms with van der Waals surface area (Å²) < 4.78 is 12.3. The van der Waals surface area contributed by atoms with Crippen LogP contribution in [0.2, 0.25) is 0 Å². The van der Waals surface area contributed by atoms with Gasteiger partial charge in [0.1, 0.15) is 11.9 Å². The molecule has 7 heteroatoms. The monoisotopic (exact) mass is 526 g/mol. The molecule has 0 unspecified atom stereocenters. The van der Waals surface area contributed by atoms with Crippen molar-refractivity contribution in [1.82, 2.24) is 9.80 Å². The summed E-state index contributed by atoms with van der Waals surface area (Å²) in [5.41, 5.74) is 3.35. The predicted molar refractivity (Wildman–Crippen MR) is 147 cm³/mol. The number of carbonyl (C=O) groups excluding carboxylic acids is 2. The van der Waals surface area contributed by atoms with E-state index in [1.807, 2.05) is 37.3 Å². The first-order chi connectivity index (χ1) is 18.7. The maximum Gasteiger partial charge on any atom is 0.308 e. The highest BCUT2D eigenvalue weighted by Gasteiger charge is 2.67. The average molecular weight is 527 g/mol. The van der Waals surface area contributed by atoms with Gasteiger partial charge in [0.15, 0.2) is 11.5 Å². The van der Waals surface area contributed by atoms with Gasteiger partial charge in [-0.25, -0.2) is 0 Å². The molecule has 39 heavy (non-hydrogen) atoms. The van der Waals surface area contributed by atoms with Gasteiger partial charge >= 0.3 is 5.97 Å². The van der Waals surface area contributed by atoms with Crippen LogP contribution in [0.4, 0.5) is 0 Å². The zero-order valence-corrected chi connectivity index (χ0v) is 22.7. The number of hydrogen-bond acceptors (Lipinski definition) is 6. The molecule has 2 heterocycles. The van der Waals surface area contributed by atoms with Crippen molar-refractivity contribution in [3.05, 3.63) is 65.2 Å². The number of ether oxygens (including phenoxy) is 2. The van der Waals surface area contributed by atoms with E-state index in [0.29, 0.717) is 12.2 Å². The SMILES string of the molecule is C=CCN1CC[C@]23c4c5c(O)cc(OC(C)=O)c4O[C@H]2[C@H](N(C)C(=O)C#Cc2cccc(C)c2)CC[C@H]3[C@H]1C5. The summed E-state index contributed by atoms with van der Waals surface area (Å²) in [6, 6.07) is 9.33. The van der Waals surface area contributed by atoms with Crippen LogP contribution in [-0.4, -0.2) is 65.1 Å². The van der Waals surface area contributed by atoms with Crippen molar-refractivity contribution in [3.8, 4) is 29.1 Å². The van der Waals surface area contributed by atoms with Crippen LogP contribution >= 0.6 is 0 Å². The fourth-order valence-electron chi connectivity index (χ4n) is 7.76. The van der Waals surface area contributed by atoms with Crippen LogP contribution < -0.4 is 9.47 Å². The largest absolute Gasteiger partial charge is 0.508 e. The highest BCUT2D eigenvalue weighted by atomic mass is 16.6. The van der Waals surface area contributed by atoms with E-state index in [1.54, 1.807) is 11.9 Å². The number of amides is 1. The Morgan fingerprint density at radius 3 is 2.90 bits per heavy atom. The van der Waals surface area contributed by atoms with Crippen LogP contribution in [0.15, 0.2) is 43.0 Å². The Labute approximate surface area is 229 Å². The summed E-state index contributed by atoms with van der Waals surface area (Å²) in [5.74, 6) is 6.35. The number of carbonyl (C=O) groups is 2. The minimum absolute atomic E-state index is 0.133. The third kappa shape index (κ3) is 3.92. The Bertz CT molecular complexity index is 1440. The number of esters is 1. The number of rotatable bonds is 4. The molecule has 1 saturated carbocycles. The Balaban J connectivity index is 1.41. The number of benzene rings is 2. The number of nitrogens with zero attached hydrogens (tertiary/aromatic N) is 2. The molecule has 0 radical (unpaired) electrons. The third-order valence-electron chi connectivity index (χ3n) is 9.26. The fourth-order valence-corrected chi connectivity index (χ4v) is 7.76. The first kappa shape index (κ1) is 25.5. The first-order valence-electron chi connectivity index (χ1n) is 13.7. The van der Waals surface area contributed by atoms with Crippen LogP contribution in [0.25, 0.3) is 0 Å². The smallest absolute Gasteiger partial charge is 0.308 e. The number of likely N-dealkylation sites (tertiary alicyclic amines) is 1. The van der Waals surface area contributed by atoms with Gasteiger partial charge in [0.05, 0.1) is 6.04 Å². The molecule has 1 saturated heterocycles. The zero-order chi connectivity index (χ0) is 27.5. The Kier molecular flexibility index (Phi) is 6.19. The lowest BCUT2D eigenvalue weighted by Crippen LogP contribution is -2.68. The Morgan fingerprint density at radius 1 is 1.33 bits per heavy atom. The molecule has 202 valence electrons. The van der Waals surface area contributed by atoms with Gasteiger partial charge in [-0.2, -0.15) is 0 Å². The van der Waals surface area contributed by atoms with E-state index >= 15 is 0 Å². The highest BCUT2D eigenvalue weighted by molar-refractivity contribution is 5.94. The van der Waals surface area contributed by atoms with E-state index in [9.17, 15) is 14.7 Å². The second-order valence-electron chi connectivity index (χ2n) is 11.3. The van der Waals surface area contributed by atoms with E-state index in [-0.39, 0.29) is 46.9 Å². The van der Waals surface area contributed by atoms with Crippen molar-refractivity contribution in [2.24, 2.45) is 5.92 Å². The second kappa shape index (κ2) is 9.46. The van der Waals surface area contributed by atoms with Gasteiger partial charge in [0.25, 0.3) is 5.91 Å². The second-order valence-corrected chi connectivity index (χ2v) is 11.3. The van der Waals surface area contributed by atoms with E-state index in [0.717, 1.165) is 54.6 Å². The van der Waals surface area contributed by atoms with E-state index in [1.165, 1.54) is 13.0 Å². The third-order valence-corrected chi connectivity index (χ3v) is 9.26. The molecule has 0 aromatic heterocycles. The van der Waals surface area contributed by atoms with Crippen molar-refractivity contribution in [1.29, 1.82) is 0 Å². The molecule has 7 nitrogen and oxygen atoms in total. The molecule has 2 aliphatic heterocycles. The highest BCUT2D eigenvalue weighted by Crippen LogP contribution is 2.65. The van der Waals surface area contributed by atoms with Crippen molar-refractivity contribution in [2.45, 2.75) is 63.1 Å². The summed E-state index contributed by atoms with van der Waals surface area (Å²) in [7, 11) is 1.81. The molecule has 2 aromatic rings. The number of phenols is 1. The first-order valence-corrected chi connectivity index (χ1v) is 13.7. The minimum Gasteiger partial charge on any atom is -0.508 e. The van der Waals surface area contributed by atoms with E-state index in [4.69, 9.17) is 9.47 Å². The summed E-state index contributed by atoms with van der Waals surface area (Å²) >= 11 is 0. The predicted octanol–water partition coefficient (Wildman–Crippen LogP) is 3.73. The van der Waals surface area contributed by atoms with Crippen LogP contribution in [0, 0.1) is 24.7 Å². The Morgan fingerprint density at radius 2 is 2.15 bits per heavy atom. The van der Waals surface area contributed by atoms with Crippen LogP contribution in [0.5, 0.6) is 17.2 Å². The van der Waals surface area contributed by atoms with E-state index in [2.05, 4.69) is 23.3 Å². The quantitative estimate of drug-likeness (QED) is 0.283. The number of hydrogen-bond donors (Lipinski definition) is 1. The minimum atomic E-state index is -0.470. The maximum absolute atomic E-state index is 13.4. The summed E-state index contributed by atoms with van der Waals surface area (Å²) in [5, 5.41) is 11.1. The summed E-state index contributed by atoms with van der Waals surface area (Å²) in [6.45, 7) is 8.96. The number of aromatic hydroxyl groups is 1. The van der Waals surface area contributed by atoms with Gasteiger partial charge in [0.2, 0.25) is 0 Å². The lowest BCUT2D eigenvalue weighted by molar-refractivity contribution is -0.134.